The fourth-order valence-electron chi connectivity index (χ4n) is 1.49. The number of rotatable bonds is 1. The predicted octanol–water partition coefficient (Wildman–Crippen LogP) is 3.11. The second-order valence-corrected chi connectivity index (χ2v) is 3.44. The van der Waals surface area contributed by atoms with Crippen molar-refractivity contribution in [3.05, 3.63) is 42.2 Å². The monoisotopic (exact) mass is 226 g/mol. The SMILES string of the molecule is Cn1cc(C(F)(F)F)cc1-c1ccccn1. The normalized spacial score (nSPS) is 11.8. The zero-order valence-corrected chi connectivity index (χ0v) is 8.49. The summed E-state index contributed by atoms with van der Waals surface area (Å²) in [6.07, 6.45) is -1.70. The van der Waals surface area contributed by atoms with Crippen LogP contribution in [0.5, 0.6) is 0 Å². The van der Waals surface area contributed by atoms with Crippen molar-refractivity contribution in [3.8, 4) is 11.4 Å². The van der Waals surface area contributed by atoms with E-state index in [1.165, 1.54) is 4.57 Å². The van der Waals surface area contributed by atoms with Gasteiger partial charge in [0.15, 0.2) is 0 Å². The van der Waals surface area contributed by atoms with Gasteiger partial charge in [-0.05, 0) is 18.2 Å². The summed E-state index contributed by atoms with van der Waals surface area (Å²) in [6.45, 7) is 0. The molecule has 0 bridgehead atoms. The van der Waals surface area contributed by atoms with Crippen molar-refractivity contribution in [1.29, 1.82) is 0 Å². The highest BCUT2D eigenvalue weighted by Gasteiger charge is 2.32. The molecule has 0 aliphatic heterocycles. The summed E-state index contributed by atoms with van der Waals surface area (Å²) in [6, 6.07) is 6.23. The molecule has 2 aromatic heterocycles. The highest BCUT2D eigenvalue weighted by Crippen LogP contribution is 2.32. The fourth-order valence-corrected chi connectivity index (χ4v) is 1.49. The van der Waals surface area contributed by atoms with Crippen LogP contribution in [0.15, 0.2) is 36.7 Å². The Morgan fingerprint density at radius 1 is 1.25 bits per heavy atom. The standard InChI is InChI=1S/C11H9F3N2/c1-16-7-8(11(12,13)14)6-10(16)9-4-2-3-5-15-9/h2-7H,1H3. The van der Waals surface area contributed by atoms with E-state index in [0.29, 0.717) is 11.4 Å². The van der Waals surface area contributed by atoms with Crippen LogP contribution in [0.25, 0.3) is 11.4 Å². The molecular formula is C11H9F3N2. The average molecular weight is 226 g/mol. The van der Waals surface area contributed by atoms with Crippen molar-refractivity contribution < 1.29 is 13.2 Å². The first kappa shape index (κ1) is 10.7. The van der Waals surface area contributed by atoms with Crippen molar-refractivity contribution in [3.63, 3.8) is 0 Å². The van der Waals surface area contributed by atoms with E-state index in [0.717, 1.165) is 12.3 Å². The van der Waals surface area contributed by atoms with Gasteiger partial charge in [0.2, 0.25) is 0 Å². The Labute approximate surface area is 90.4 Å². The summed E-state index contributed by atoms with van der Waals surface area (Å²) in [4.78, 5) is 4.02. The molecule has 2 aromatic rings. The number of halogens is 3. The van der Waals surface area contributed by atoms with Crippen LogP contribution in [-0.4, -0.2) is 9.55 Å². The van der Waals surface area contributed by atoms with E-state index in [1.807, 2.05) is 0 Å². The molecule has 0 aliphatic rings. The Bertz CT molecular complexity index is 486. The second-order valence-electron chi connectivity index (χ2n) is 3.44. The van der Waals surface area contributed by atoms with E-state index in [2.05, 4.69) is 4.98 Å². The van der Waals surface area contributed by atoms with Crippen molar-refractivity contribution in [1.82, 2.24) is 9.55 Å². The molecule has 0 saturated heterocycles. The number of pyridine rings is 1. The number of hydrogen-bond donors (Lipinski definition) is 0. The second kappa shape index (κ2) is 3.66. The molecule has 84 valence electrons. The third-order valence-corrected chi connectivity index (χ3v) is 2.26. The van der Waals surface area contributed by atoms with Crippen LogP contribution in [0.2, 0.25) is 0 Å². The number of nitrogens with zero attached hydrogens (tertiary/aromatic N) is 2. The molecule has 0 N–H and O–H groups in total. The Morgan fingerprint density at radius 2 is 2.00 bits per heavy atom. The van der Waals surface area contributed by atoms with Crippen LogP contribution in [0.3, 0.4) is 0 Å². The van der Waals surface area contributed by atoms with Gasteiger partial charge >= 0.3 is 6.18 Å². The van der Waals surface area contributed by atoms with E-state index in [1.54, 1.807) is 31.4 Å². The van der Waals surface area contributed by atoms with Crippen LogP contribution in [0.1, 0.15) is 5.56 Å². The summed E-state index contributed by atoms with van der Waals surface area (Å²) in [5, 5.41) is 0. The lowest BCUT2D eigenvalue weighted by Gasteiger charge is -2.00. The first-order chi connectivity index (χ1) is 7.48. The maximum absolute atomic E-state index is 12.5. The molecule has 0 fully saturated rings. The Balaban J connectivity index is 2.48. The van der Waals surface area contributed by atoms with Gasteiger partial charge in [-0.1, -0.05) is 6.07 Å². The Morgan fingerprint density at radius 3 is 2.50 bits per heavy atom. The third-order valence-electron chi connectivity index (χ3n) is 2.26. The highest BCUT2D eigenvalue weighted by molar-refractivity contribution is 5.56. The van der Waals surface area contributed by atoms with Crippen LogP contribution in [-0.2, 0) is 13.2 Å². The summed E-state index contributed by atoms with van der Waals surface area (Å²) in [5.74, 6) is 0. The molecule has 16 heavy (non-hydrogen) atoms. The van der Waals surface area contributed by atoms with E-state index in [9.17, 15) is 13.2 Å². The Kier molecular flexibility index (Phi) is 2.46. The van der Waals surface area contributed by atoms with E-state index in [-0.39, 0.29) is 0 Å². The molecular weight excluding hydrogens is 217 g/mol. The molecule has 0 amide bonds. The molecule has 0 aromatic carbocycles. The summed E-state index contributed by atoms with van der Waals surface area (Å²) < 4.78 is 38.8. The summed E-state index contributed by atoms with van der Waals surface area (Å²) >= 11 is 0. The van der Waals surface area contributed by atoms with Crippen molar-refractivity contribution >= 4 is 0 Å². The molecule has 0 spiro atoms. The summed E-state index contributed by atoms with van der Waals surface area (Å²) in [7, 11) is 1.57. The van der Waals surface area contributed by atoms with E-state index in [4.69, 9.17) is 0 Å². The Hall–Kier alpha value is -1.78. The van der Waals surface area contributed by atoms with Crippen molar-refractivity contribution in [2.24, 2.45) is 7.05 Å². The predicted molar refractivity (Wildman–Crippen MR) is 53.6 cm³/mol. The smallest absolute Gasteiger partial charge is 0.349 e. The topological polar surface area (TPSA) is 17.8 Å². The van der Waals surface area contributed by atoms with Gasteiger partial charge in [0.1, 0.15) is 0 Å². The van der Waals surface area contributed by atoms with Crippen LogP contribution >= 0.6 is 0 Å². The van der Waals surface area contributed by atoms with Crippen LogP contribution in [0, 0.1) is 0 Å². The zero-order chi connectivity index (χ0) is 11.8. The molecule has 0 atom stereocenters. The lowest BCUT2D eigenvalue weighted by molar-refractivity contribution is -0.137. The average Bonchev–Trinajstić information content (AvgIpc) is 2.61. The largest absolute Gasteiger partial charge is 0.417 e. The highest BCUT2D eigenvalue weighted by atomic mass is 19.4. The van der Waals surface area contributed by atoms with Crippen molar-refractivity contribution in [2.75, 3.05) is 0 Å². The first-order valence-corrected chi connectivity index (χ1v) is 4.63. The lowest BCUT2D eigenvalue weighted by atomic mass is 10.2. The van der Waals surface area contributed by atoms with Gasteiger partial charge in [-0.15, -0.1) is 0 Å². The minimum absolute atomic E-state index is 0.452. The molecule has 0 saturated carbocycles. The molecule has 0 unspecified atom stereocenters. The van der Waals surface area contributed by atoms with Crippen LogP contribution in [0.4, 0.5) is 13.2 Å². The lowest BCUT2D eigenvalue weighted by Crippen LogP contribution is -2.02. The van der Waals surface area contributed by atoms with E-state index >= 15 is 0 Å². The molecule has 5 heteroatoms. The number of hydrogen-bond acceptors (Lipinski definition) is 1. The first-order valence-electron chi connectivity index (χ1n) is 4.63. The van der Waals surface area contributed by atoms with Gasteiger partial charge in [-0.3, -0.25) is 4.98 Å². The molecule has 2 heterocycles. The quantitative estimate of drug-likeness (QED) is 0.730. The van der Waals surface area contributed by atoms with Gasteiger partial charge in [0.05, 0.1) is 17.0 Å². The van der Waals surface area contributed by atoms with E-state index < -0.39 is 11.7 Å². The van der Waals surface area contributed by atoms with Gasteiger partial charge in [-0.25, -0.2) is 0 Å². The molecule has 2 rings (SSSR count). The molecule has 0 aliphatic carbocycles. The zero-order valence-electron chi connectivity index (χ0n) is 8.49. The van der Waals surface area contributed by atoms with Gasteiger partial charge in [-0.2, -0.15) is 13.2 Å². The number of aromatic nitrogens is 2. The van der Waals surface area contributed by atoms with Gasteiger partial charge in [0.25, 0.3) is 0 Å². The third kappa shape index (κ3) is 1.93. The number of aryl methyl sites for hydroxylation is 1. The summed E-state index contributed by atoms with van der Waals surface area (Å²) in [5.41, 5.74) is 0.323. The van der Waals surface area contributed by atoms with Gasteiger partial charge < -0.3 is 4.57 Å². The minimum Gasteiger partial charge on any atom is -0.349 e. The minimum atomic E-state index is -4.31. The van der Waals surface area contributed by atoms with Gasteiger partial charge in [0, 0.05) is 19.4 Å². The maximum atomic E-state index is 12.5. The number of alkyl halides is 3. The molecule has 2 nitrogen and oxygen atoms in total. The molecule has 0 radical (unpaired) electrons. The maximum Gasteiger partial charge on any atom is 0.417 e. The van der Waals surface area contributed by atoms with Crippen molar-refractivity contribution in [2.45, 2.75) is 6.18 Å². The van der Waals surface area contributed by atoms with Crippen LogP contribution < -0.4 is 0 Å². The fraction of sp³-hybridized carbons (Fsp3) is 0.182.